The first-order chi connectivity index (χ1) is 8.04. The highest BCUT2D eigenvalue weighted by molar-refractivity contribution is 6.30. The molecule has 0 spiro atoms. The normalized spacial score (nSPS) is 14.3. The summed E-state index contributed by atoms with van der Waals surface area (Å²) >= 11 is 5.86. The van der Waals surface area contributed by atoms with Crippen molar-refractivity contribution in [2.24, 2.45) is 5.73 Å². The zero-order valence-electron chi connectivity index (χ0n) is 10.2. The van der Waals surface area contributed by atoms with Gasteiger partial charge in [0.25, 0.3) is 0 Å². The maximum atomic E-state index is 11.1. The monoisotopic (exact) mass is 254 g/mol. The summed E-state index contributed by atoms with van der Waals surface area (Å²) in [7, 11) is 0. The lowest BCUT2D eigenvalue weighted by Crippen LogP contribution is -2.40. The van der Waals surface area contributed by atoms with Gasteiger partial charge in [-0.3, -0.25) is 10.1 Å². The maximum Gasteiger partial charge on any atom is 0.234 e. The average molecular weight is 255 g/mol. The molecule has 1 amide bonds. The van der Waals surface area contributed by atoms with E-state index < -0.39 is 0 Å². The van der Waals surface area contributed by atoms with Crippen LogP contribution in [0.25, 0.3) is 0 Å². The number of benzene rings is 1. The number of primary amides is 1. The molecule has 2 unspecified atom stereocenters. The topological polar surface area (TPSA) is 55.1 Å². The van der Waals surface area contributed by atoms with Crippen LogP contribution >= 0.6 is 11.6 Å². The van der Waals surface area contributed by atoms with Gasteiger partial charge in [-0.15, -0.1) is 0 Å². The van der Waals surface area contributed by atoms with Gasteiger partial charge in [0.2, 0.25) is 5.91 Å². The lowest BCUT2D eigenvalue weighted by atomic mass is 10.0. The first kappa shape index (κ1) is 14.0. The van der Waals surface area contributed by atoms with Crippen LogP contribution in [0.4, 0.5) is 0 Å². The second-order valence-electron chi connectivity index (χ2n) is 4.18. The molecule has 4 heteroatoms. The Morgan fingerprint density at radius 3 is 2.47 bits per heavy atom. The molecule has 1 aromatic carbocycles. The first-order valence-corrected chi connectivity index (χ1v) is 6.23. The lowest BCUT2D eigenvalue weighted by Gasteiger charge is -2.21. The van der Waals surface area contributed by atoms with Crippen molar-refractivity contribution in [3.05, 3.63) is 34.9 Å². The molecule has 0 saturated heterocycles. The molecule has 17 heavy (non-hydrogen) atoms. The standard InChI is InChI=1S/C13H19ClN2O/c1-3-4-12(16-9(2)13(15)17)10-5-7-11(14)8-6-10/h5-9,12,16H,3-4H2,1-2H3,(H2,15,17). The Morgan fingerprint density at radius 1 is 1.41 bits per heavy atom. The molecule has 3 nitrogen and oxygen atoms in total. The molecule has 0 fully saturated rings. The zero-order chi connectivity index (χ0) is 12.8. The molecule has 0 aliphatic carbocycles. The molecule has 1 aromatic rings. The van der Waals surface area contributed by atoms with Gasteiger partial charge >= 0.3 is 0 Å². The van der Waals surface area contributed by atoms with Crippen LogP contribution in [0.3, 0.4) is 0 Å². The fraction of sp³-hybridized carbons (Fsp3) is 0.462. The predicted octanol–water partition coefficient (Wildman–Crippen LogP) is 2.64. The van der Waals surface area contributed by atoms with Crippen molar-refractivity contribution in [3.63, 3.8) is 0 Å². The van der Waals surface area contributed by atoms with Crippen LogP contribution in [-0.4, -0.2) is 11.9 Å². The minimum atomic E-state index is -0.333. The van der Waals surface area contributed by atoms with Crippen LogP contribution in [0.1, 0.15) is 38.3 Å². The van der Waals surface area contributed by atoms with Crippen molar-refractivity contribution in [2.45, 2.75) is 38.8 Å². The summed E-state index contributed by atoms with van der Waals surface area (Å²) in [6, 6.07) is 7.47. The largest absolute Gasteiger partial charge is 0.368 e. The Hall–Kier alpha value is -1.06. The van der Waals surface area contributed by atoms with E-state index in [1.54, 1.807) is 6.92 Å². The van der Waals surface area contributed by atoms with Gasteiger partial charge in [0.15, 0.2) is 0 Å². The van der Waals surface area contributed by atoms with Gasteiger partial charge in [0, 0.05) is 11.1 Å². The van der Waals surface area contributed by atoms with Gasteiger partial charge in [-0.2, -0.15) is 0 Å². The van der Waals surface area contributed by atoms with Crippen LogP contribution in [0.5, 0.6) is 0 Å². The summed E-state index contributed by atoms with van der Waals surface area (Å²) in [5, 5.41) is 3.95. The van der Waals surface area contributed by atoms with Gasteiger partial charge in [-0.05, 0) is 31.0 Å². The third kappa shape index (κ3) is 4.36. The Labute approximate surface area is 107 Å². The minimum absolute atomic E-state index is 0.139. The van der Waals surface area contributed by atoms with Crippen molar-refractivity contribution >= 4 is 17.5 Å². The van der Waals surface area contributed by atoms with E-state index in [9.17, 15) is 4.79 Å². The van der Waals surface area contributed by atoms with E-state index in [4.69, 9.17) is 17.3 Å². The molecule has 0 radical (unpaired) electrons. The fourth-order valence-electron chi connectivity index (χ4n) is 1.71. The van der Waals surface area contributed by atoms with Crippen molar-refractivity contribution in [1.82, 2.24) is 5.32 Å². The van der Waals surface area contributed by atoms with E-state index in [1.165, 1.54) is 0 Å². The third-order valence-electron chi connectivity index (χ3n) is 2.73. The maximum absolute atomic E-state index is 11.1. The minimum Gasteiger partial charge on any atom is -0.368 e. The van der Waals surface area contributed by atoms with E-state index in [0.29, 0.717) is 5.02 Å². The number of rotatable bonds is 6. The van der Waals surface area contributed by atoms with E-state index in [0.717, 1.165) is 18.4 Å². The number of nitrogens with one attached hydrogen (secondary N) is 1. The molecule has 2 atom stereocenters. The van der Waals surface area contributed by atoms with Crippen molar-refractivity contribution in [2.75, 3.05) is 0 Å². The molecule has 0 aliphatic heterocycles. The number of carbonyl (C=O) groups is 1. The second-order valence-corrected chi connectivity index (χ2v) is 4.62. The molecule has 3 N–H and O–H groups in total. The SMILES string of the molecule is CCCC(NC(C)C(N)=O)c1ccc(Cl)cc1. The number of nitrogens with two attached hydrogens (primary N) is 1. The molecular formula is C13H19ClN2O. The van der Waals surface area contributed by atoms with E-state index >= 15 is 0 Å². The molecule has 0 heterocycles. The van der Waals surface area contributed by atoms with Crippen molar-refractivity contribution < 1.29 is 4.79 Å². The molecule has 0 aromatic heterocycles. The van der Waals surface area contributed by atoms with Gasteiger partial charge < -0.3 is 5.73 Å². The Morgan fingerprint density at radius 2 is 2.00 bits per heavy atom. The van der Waals surface area contributed by atoms with E-state index in [-0.39, 0.29) is 18.0 Å². The molecular weight excluding hydrogens is 236 g/mol. The third-order valence-corrected chi connectivity index (χ3v) is 2.98. The Bertz CT molecular complexity index is 364. The lowest BCUT2D eigenvalue weighted by molar-refractivity contribution is -0.119. The van der Waals surface area contributed by atoms with Crippen LogP contribution in [0.15, 0.2) is 24.3 Å². The van der Waals surface area contributed by atoms with Crippen LogP contribution in [0, 0.1) is 0 Å². The number of hydrogen-bond donors (Lipinski definition) is 2. The van der Waals surface area contributed by atoms with Gasteiger partial charge in [0.1, 0.15) is 0 Å². The molecule has 0 saturated carbocycles. The highest BCUT2D eigenvalue weighted by Gasteiger charge is 2.16. The smallest absolute Gasteiger partial charge is 0.234 e. The number of amides is 1. The van der Waals surface area contributed by atoms with Crippen molar-refractivity contribution in [1.29, 1.82) is 0 Å². The molecule has 0 aliphatic rings. The number of carbonyl (C=O) groups excluding carboxylic acids is 1. The van der Waals surface area contributed by atoms with Crippen LogP contribution in [-0.2, 0) is 4.79 Å². The van der Waals surface area contributed by atoms with E-state index in [1.807, 2.05) is 24.3 Å². The zero-order valence-corrected chi connectivity index (χ0v) is 11.0. The summed E-state index contributed by atoms with van der Waals surface area (Å²) in [5.41, 5.74) is 6.39. The van der Waals surface area contributed by atoms with Crippen LogP contribution < -0.4 is 11.1 Å². The number of halogens is 1. The van der Waals surface area contributed by atoms with Crippen LogP contribution in [0.2, 0.25) is 5.02 Å². The second kappa shape index (κ2) is 6.62. The van der Waals surface area contributed by atoms with Gasteiger partial charge in [0.05, 0.1) is 6.04 Å². The first-order valence-electron chi connectivity index (χ1n) is 5.85. The Kier molecular flexibility index (Phi) is 5.45. The van der Waals surface area contributed by atoms with Gasteiger partial charge in [-0.25, -0.2) is 0 Å². The van der Waals surface area contributed by atoms with E-state index in [2.05, 4.69) is 12.2 Å². The quantitative estimate of drug-likeness (QED) is 0.820. The summed E-state index contributed by atoms with van der Waals surface area (Å²) < 4.78 is 0. The predicted molar refractivity (Wildman–Crippen MR) is 70.9 cm³/mol. The summed E-state index contributed by atoms with van der Waals surface area (Å²) in [4.78, 5) is 11.1. The highest BCUT2D eigenvalue weighted by atomic mass is 35.5. The van der Waals surface area contributed by atoms with Crippen molar-refractivity contribution in [3.8, 4) is 0 Å². The highest BCUT2D eigenvalue weighted by Crippen LogP contribution is 2.21. The summed E-state index contributed by atoms with van der Waals surface area (Å²) in [5.74, 6) is -0.333. The molecule has 94 valence electrons. The summed E-state index contributed by atoms with van der Waals surface area (Å²) in [6.45, 7) is 3.89. The number of hydrogen-bond acceptors (Lipinski definition) is 2. The Balaban J connectivity index is 2.78. The average Bonchev–Trinajstić information content (AvgIpc) is 2.29. The fourth-order valence-corrected chi connectivity index (χ4v) is 1.84. The molecule has 1 rings (SSSR count). The summed E-state index contributed by atoms with van der Waals surface area (Å²) in [6.07, 6.45) is 1.99. The molecule has 0 bridgehead atoms. The van der Waals surface area contributed by atoms with Gasteiger partial charge in [-0.1, -0.05) is 37.1 Å².